The van der Waals surface area contributed by atoms with Crippen molar-refractivity contribution < 1.29 is 48.0 Å². The van der Waals surface area contributed by atoms with Gasteiger partial charge in [-0.1, -0.05) is 97.7 Å². The van der Waals surface area contributed by atoms with Crippen LogP contribution in [-0.2, 0) is 61.4 Å². The molecule has 1 unspecified atom stereocenters. The van der Waals surface area contributed by atoms with Crippen LogP contribution in [0.25, 0.3) is 22.5 Å². The number of tetrazole rings is 1. The number of aryl methyl sites for hydroxylation is 1. The van der Waals surface area contributed by atoms with Crippen molar-refractivity contribution in [1.29, 1.82) is 0 Å². The summed E-state index contributed by atoms with van der Waals surface area (Å²) in [7, 11) is 0. The van der Waals surface area contributed by atoms with E-state index in [1.165, 1.54) is 6.92 Å². The Labute approximate surface area is 325 Å². The number of ether oxygens (including phenoxy) is 5. The lowest BCUT2D eigenvalue weighted by Crippen LogP contribution is -2.24. The molecule has 0 radical (unpaired) electrons. The van der Waals surface area contributed by atoms with Crippen molar-refractivity contribution >= 4 is 29.9 Å². The molecule has 0 spiro atoms. The Kier molecular flexibility index (Phi) is 14.3. The van der Waals surface area contributed by atoms with Gasteiger partial charge in [0.15, 0.2) is 10.8 Å². The van der Waals surface area contributed by atoms with E-state index >= 15 is 0 Å². The Morgan fingerprint density at radius 3 is 2.32 bits per heavy atom. The van der Waals surface area contributed by atoms with E-state index in [4.69, 9.17) is 35.3 Å². The summed E-state index contributed by atoms with van der Waals surface area (Å²) in [5, 5.41) is 22.1. The number of esters is 1. The molecule has 0 N–H and O–H groups in total. The van der Waals surface area contributed by atoms with Gasteiger partial charge in [-0.15, -0.1) is 25.1 Å². The first kappa shape index (κ1) is 40.6. The monoisotopic (exact) mass is 791 g/mol. The minimum Gasteiger partial charge on any atom is -0.435 e. The number of aromatic nitrogens is 6. The molecule has 5 rings (SSSR count). The summed E-state index contributed by atoms with van der Waals surface area (Å²) in [5.74, 6) is 0.0886. The fourth-order valence-electron chi connectivity index (χ4n) is 5.41. The predicted molar refractivity (Wildman–Crippen MR) is 196 cm³/mol. The van der Waals surface area contributed by atoms with Gasteiger partial charge in [0.25, 0.3) is 5.09 Å². The van der Waals surface area contributed by atoms with E-state index in [-0.39, 0.29) is 49.8 Å². The van der Waals surface area contributed by atoms with E-state index in [1.54, 1.807) is 35.8 Å². The molecule has 0 aliphatic carbocycles. The number of unbranched alkanes of at least 4 members (excludes halogenated alkanes) is 1. The molecule has 0 amide bonds. The second-order valence-corrected chi connectivity index (χ2v) is 12.3. The average molecular weight is 792 g/mol. The number of nitrogens with zero attached hydrogens (tertiary/aromatic N) is 7. The van der Waals surface area contributed by atoms with Crippen LogP contribution in [0.2, 0.25) is 5.15 Å². The predicted octanol–water partition coefficient (Wildman–Crippen LogP) is 6.94. The summed E-state index contributed by atoms with van der Waals surface area (Å²) >= 11 is 6.47. The highest BCUT2D eigenvalue weighted by atomic mass is 35.5. The summed E-state index contributed by atoms with van der Waals surface area (Å²) in [5.41, 5.74) is 4.31. The third-order valence-corrected chi connectivity index (χ3v) is 8.22. The zero-order chi connectivity index (χ0) is 40.0. The molecule has 3 aromatic carbocycles. The largest absolute Gasteiger partial charge is 0.511 e. The fourth-order valence-corrected chi connectivity index (χ4v) is 5.69. The minimum atomic E-state index is -1.23. The Morgan fingerprint density at radius 1 is 0.875 bits per heavy atom. The third kappa shape index (κ3) is 11.2. The van der Waals surface area contributed by atoms with E-state index in [0.717, 1.165) is 34.3 Å². The van der Waals surface area contributed by atoms with E-state index in [2.05, 4.69) is 25.2 Å². The molecule has 0 saturated carbocycles. The molecule has 56 heavy (non-hydrogen) atoms. The molecular weight excluding hydrogens is 754 g/mol. The topological polar surface area (TPSA) is 211 Å². The maximum atomic E-state index is 13.3. The molecule has 18 nitrogen and oxygen atoms in total. The zero-order valence-electron chi connectivity index (χ0n) is 30.7. The number of carbonyl (C=O) groups is 3. The molecule has 294 valence electrons. The minimum absolute atomic E-state index is 0.0246. The van der Waals surface area contributed by atoms with Crippen LogP contribution in [0, 0.1) is 10.1 Å². The highest BCUT2D eigenvalue weighted by molar-refractivity contribution is 6.32. The van der Waals surface area contributed by atoms with Gasteiger partial charge in [-0.05, 0) is 46.4 Å². The Balaban J connectivity index is 1.24. The van der Waals surface area contributed by atoms with Crippen molar-refractivity contribution in [3.63, 3.8) is 0 Å². The second kappa shape index (κ2) is 19.7. The van der Waals surface area contributed by atoms with E-state index < -0.39 is 29.7 Å². The normalized spacial score (nSPS) is 11.4. The van der Waals surface area contributed by atoms with Gasteiger partial charge in [0.1, 0.15) is 19.0 Å². The Morgan fingerprint density at radius 2 is 1.61 bits per heavy atom. The lowest BCUT2D eigenvalue weighted by Gasteiger charge is -2.16. The zero-order valence-corrected chi connectivity index (χ0v) is 31.4. The van der Waals surface area contributed by atoms with Crippen LogP contribution < -0.4 is 0 Å². The molecule has 0 saturated heterocycles. The molecule has 5 aromatic rings. The van der Waals surface area contributed by atoms with Crippen molar-refractivity contribution in [2.45, 2.75) is 72.8 Å². The van der Waals surface area contributed by atoms with E-state index in [9.17, 15) is 24.5 Å². The molecule has 2 aromatic heterocycles. The quantitative estimate of drug-likeness (QED) is 0.0289. The van der Waals surface area contributed by atoms with Crippen molar-refractivity contribution in [3.05, 3.63) is 116 Å². The maximum absolute atomic E-state index is 13.3. The molecular formula is C37H38ClN7O11. The number of hydrogen-bond donors (Lipinski definition) is 0. The summed E-state index contributed by atoms with van der Waals surface area (Å²) in [6.45, 7) is 4.68. The standard InChI is InChI=1S/C37H38ClN7O11/c1-4-6-14-31-39-33(38)32(35(46)55-24(3)56-37(48)51-5-2)43(31)20-25-15-17-28(18-16-25)29-12-7-8-13-30(29)34-40-42-44(41-34)23-53-36(47)52-21-26-10-9-11-27(19-26)22-54-45(49)50/h7-13,15-19,24H,4-6,14,20-23H2,1-3H3. The van der Waals surface area contributed by atoms with Gasteiger partial charge in [-0.2, -0.15) is 0 Å². The summed E-state index contributed by atoms with van der Waals surface area (Å²) in [6.07, 6.45) is -0.884. The number of imidazole rings is 1. The van der Waals surface area contributed by atoms with Crippen LogP contribution in [0.1, 0.15) is 66.6 Å². The van der Waals surface area contributed by atoms with Gasteiger partial charge >= 0.3 is 18.3 Å². The number of halogens is 1. The maximum Gasteiger partial charge on any atom is 0.511 e. The first-order valence-corrected chi connectivity index (χ1v) is 17.8. The molecule has 0 aliphatic rings. The molecule has 1 atom stereocenters. The highest BCUT2D eigenvalue weighted by Gasteiger charge is 2.26. The molecule has 2 heterocycles. The average Bonchev–Trinajstić information content (AvgIpc) is 3.78. The summed E-state index contributed by atoms with van der Waals surface area (Å²) in [6, 6.07) is 21.7. The van der Waals surface area contributed by atoms with Gasteiger partial charge in [0, 0.05) is 25.5 Å². The molecule has 0 aliphatic heterocycles. The number of rotatable bonds is 18. The lowest BCUT2D eigenvalue weighted by molar-refractivity contribution is -0.763. The van der Waals surface area contributed by atoms with Crippen molar-refractivity contribution in [1.82, 2.24) is 29.8 Å². The van der Waals surface area contributed by atoms with Gasteiger partial charge in [-0.3, -0.25) is 0 Å². The fraction of sp³-hybridized carbons (Fsp3) is 0.324. The van der Waals surface area contributed by atoms with Crippen LogP contribution in [0.15, 0.2) is 72.8 Å². The number of benzene rings is 3. The first-order valence-electron chi connectivity index (χ1n) is 17.4. The van der Waals surface area contributed by atoms with Crippen LogP contribution in [0.4, 0.5) is 9.59 Å². The van der Waals surface area contributed by atoms with Gasteiger partial charge < -0.3 is 33.1 Å². The van der Waals surface area contributed by atoms with E-state index in [0.29, 0.717) is 28.9 Å². The van der Waals surface area contributed by atoms with Crippen LogP contribution in [0.5, 0.6) is 0 Å². The molecule has 0 bridgehead atoms. The molecule has 19 heteroatoms. The molecule has 0 fully saturated rings. The van der Waals surface area contributed by atoms with Crippen LogP contribution in [-0.4, -0.2) is 66.0 Å². The van der Waals surface area contributed by atoms with E-state index in [1.807, 2.05) is 55.5 Å². The van der Waals surface area contributed by atoms with Crippen LogP contribution >= 0.6 is 11.6 Å². The van der Waals surface area contributed by atoms with Gasteiger partial charge in [-0.25, -0.2) is 19.4 Å². The Bertz CT molecular complexity index is 2140. The smallest absolute Gasteiger partial charge is 0.435 e. The van der Waals surface area contributed by atoms with Crippen molar-refractivity contribution in [2.75, 3.05) is 6.61 Å². The van der Waals surface area contributed by atoms with Crippen molar-refractivity contribution in [3.8, 4) is 22.5 Å². The van der Waals surface area contributed by atoms with Gasteiger partial charge in [0.05, 0.1) is 6.61 Å². The first-order chi connectivity index (χ1) is 27.0. The van der Waals surface area contributed by atoms with Crippen LogP contribution in [0.3, 0.4) is 0 Å². The number of carbonyl (C=O) groups excluding carboxylic acids is 3. The second-order valence-electron chi connectivity index (χ2n) is 12.0. The SMILES string of the molecule is CCCCc1nc(Cl)c(C(=O)OC(C)OC(=O)OCC)n1Cc1ccc(-c2ccccc2-c2nnn(COC(=O)OCc3cccc(CO[N+](=O)[O-])c3)n2)cc1. The summed E-state index contributed by atoms with van der Waals surface area (Å²) in [4.78, 5) is 57.6. The van der Waals surface area contributed by atoms with Gasteiger partial charge in [0.2, 0.25) is 18.8 Å². The third-order valence-electron chi connectivity index (χ3n) is 7.96. The lowest BCUT2D eigenvalue weighted by atomic mass is 9.98. The Hall–Kier alpha value is -6.56. The number of hydrogen-bond acceptors (Lipinski definition) is 15. The summed E-state index contributed by atoms with van der Waals surface area (Å²) < 4.78 is 27.1. The highest BCUT2D eigenvalue weighted by Crippen LogP contribution is 2.30. The van der Waals surface area contributed by atoms with Crippen molar-refractivity contribution in [2.24, 2.45) is 0 Å².